The van der Waals surface area contributed by atoms with Gasteiger partial charge in [0.1, 0.15) is 11.6 Å². The van der Waals surface area contributed by atoms with Crippen molar-refractivity contribution in [1.82, 2.24) is 9.88 Å². The quantitative estimate of drug-likeness (QED) is 0.844. The van der Waals surface area contributed by atoms with Crippen LogP contribution in [0.2, 0.25) is 0 Å². The molecule has 0 aliphatic carbocycles. The molecule has 0 saturated carbocycles. The van der Waals surface area contributed by atoms with Crippen molar-refractivity contribution in [2.24, 2.45) is 0 Å². The number of pyridine rings is 1. The van der Waals surface area contributed by atoms with Crippen LogP contribution in [0.3, 0.4) is 0 Å². The lowest BCUT2D eigenvalue weighted by atomic mass is 10.1. The van der Waals surface area contributed by atoms with E-state index in [0.717, 1.165) is 37.2 Å². The van der Waals surface area contributed by atoms with Crippen LogP contribution in [0.5, 0.6) is 5.88 Å². The van der Waals surface area contributed by atoms with Crippen LogP contribution < -0.4 is 4.74 Å². The number of rotatable bonds is 3. The van der Waals surface area contributed by atoms with E-state index in [1.165, 1.54) is 6.42 Å². The van der Waals surface area contributed by atoms with Gasteiger partial charge in [0, 0.05) is 18.8 Å². The molecule has 1 aromatic rings. The number of aryl methyl sites for hydroxylation is 2. The summed E-state index contributed by atoms with van der Waals surface area (Å²) in [5.74, 6) is 0.227. The fourth-order valence-electron chi connectivity index (χ4n) is 2.41. The van der Waals surface area contributed by atoms with Crippen LogP contribution in [0, 0.1) is 25.2 Å². The number of likely N-dealkylation sites (tertiary alicyclic amines) is 1. The maximum Gasteiger partial charge on any atom is 0.260 e. The van der Waals surface area contributed by atoms with Gasteiger partial charge in [0.05, 0.1) is 0 Å². The van der Waals surface area contributed by atoms with E-state index >= 15 is 0 Å². The molecule has 1 aliphatic rings. The number of ether oxygens (including phenoxy) is 1. The molecule has 1 fully saturated rings. The third-order valence-electron chi connectivity index (χ3n) is 3.46. The minimum Gasteiger partial charge on any atom is -0.467 e. The van der Waals surface area contributed by atoms with E-state index in [9.17, 15) is 4.79 Å². The predicted octanol–water partition coefficient (Wildman–Crippen LogP) is 1.96. The van der Waals surface area contributed by atoms with Crippen molar-refractivity contribution in [2.75, 3.05) is 19.7 Å². The molecule has 1 aliphatic heterocycles. The minimum absolute atomic E-state index is 0.0328. The van der Waals surface area contributed by atoms with Gasteiger partial charge in [-0.15, -0.1) is 0 Å². The summed E-state index contributed by atoms with van der Waals surface area (Å²) in [5, 5.41) is 9.14. The Morgan fingerprint density at radius 3 is 2.75 bits per heavy atom. The highest BCUT2D eigenvalue weighted by Gasteiger charge is 2.18. The van der Waals surface area contributed by atoms with Gasteiger partial charge in [-0.05, 0) is 44.7 Å². The van der Waals surface area contributed by atoms with Gasteiger partial charge in [-0.3, -0.25) is 4.79 Å². The highest BCUT2D eigenvalue weighted by Crippen LogP contribution is 2.20. The number of carbonyl (C=O) groups excluding carboxylic acids is 1. The number of nitriles is 1. The molecule has 2 heterocycles. The molecule has 0 N–H and O–H groups in total. The van der Waals surface area contributed by atoms with E-state index in [1.807, 2.05) is 24.8 Å². The number of piperidine rings is 1. The van der Waals surface area contributed by atoms with E-state index in [1.54, 1.807) is 0 Å². The second-order valence-corrected chi connectivity index (χ2v) is 5.10. The van der Waals surface area contributed by atoms with Gasteiger partial charge in [-0.2, -0.15) is 5.26 Å². The Morgan fingerprint density at radius 2 is 2.10 bits per heavy atom. The third kappa shape index (κ3) is 3.27. The first-order valence-electron chi connectivity index (χ1n) is 6.90. The van der Waals surface area contributed by atoms with Crippen LogP contribution in [0.15, 0.2) is 6.07 Å². The van der Waals surface area contributed by atoms with Crippen molar-refractivity contribution in [3.63, 3.8) is 0 Å². The average molecular weight is 273 g/mol. The van der Waals surface area contributed by atoms with Gasteiger partial charge in [0.15, 0.2) is 6.61 Å². The average Bonchev–Trinajstić information content (AvgIpc) is 2.45. The highest BCUT2D eigenvalue weighted by atomic mass is 16.5. The summed E-state index contributed by atoms with van der Waals surface area (Å²) in [6, 6.07) is 3.91. The summed E-state index contributed by atoms with van der Waals surface area (Å²) < 4.78 is 5.48. The molecule has 0 atom stereocenters. The molecule has 5 nitrogen and oxygen atoms in total. The first-order valence-corrected chi connectivity index (χ1v) is 6.90. The largest absolute Gasteiger partial charge is 0.467 e. The molecule has 0 radical (unpaired) electrons. The van der Waals surface area contributed by atoms with E-state index in [0.29, 0.717) is 5.56 Å². The summed E-state index contributed by atoms with van der Waals surface area (Å²) >= 11 is 0. The molecule has 0 aromatic carbocycles. The van der Waals surface area contributed by atoms with Crippen LogP contribution in [-0.4, -0.2) is 35.5 Å². The number of carbonyl (C=O) groups is 1. The normalized spacial score (nSPS) is 14.8. The lowest BCUT2D eigenvalue weighted by Gasteiger charge is -2.26. The Hall–Kier alpha value is -2.09. The van der Waals surface area contributed by atoms with Crippen LogP contribution >= 0.6 is 0 Å². The highest BCUT2D eigenvalue weighted by molar-refractivity contribution is 5.77. The first kappa shape index (κ1) is 14.3. The molecule has 5 heteroatoms. The SMILES string of the molecule is Cc1cc(C)c(C#N)c(OCC(=O)N2CCCCC2)n1. The molecule has 0 bridgehead atoms. The number of nitrogens with zero attached hydrogens (tertiary/aromatic N) is 3. The van der Waals surface area contributed by atoms with Crippen LogP contribution in [0.4, 0.5) is 0 Å². The third-order valence-corrected chi connectivity index (χ3v) is 3.46. The van der Waals surface area contributed by atoms with Gasteiger partial charge in [-0.1, -0.05) is 0 Å². The van der Waals surface area contributed by atoms with Crippen molar-refractivity contribution in [3.8, 4) is 11.9 Å². The van der Waals surface area contributed by atoms with E-state index in [-0.39, 0.29) is 18.4 Å². The fraction of sp³-hybridized carbons (Fsp3) is 0.533. The van der Waals surface area contributed by atoms with Crippen LogP contribution in [0.25, 0.3) is 0 Å². The molecule has 2 rings (SSSR count). The van der Waals surface area contributed by atoms with Crippen LogP contribution in [0.1, 0.15) is 36.1 Å². The zero-order chi connectivity index (χ0) is 14.5. The van der Waals surface area contributed by atoms with Gasteiger partial charge in [-0.25, -0.2) is 4.98 Å². The zero-order valence-electron chi connectivity index (χ0n) is 12.0. The topological polar surface area (TPSA) is 66.2 Å². The van der Waals surface area contributed by atoms with Crippen molar-refractivity contribution in [1.29, 1.82) is 5.26 Å². The number of aromatic nitrogens is 1. The second kappa shape index (κ2) is 6.38. The molecule has 20 heavy (non-hydrogen) atoms. The van der Waals surface area contributed by atoms with Gasteiger partial charge < -0.3 is 9.64 Å². The van der Waals surface area contributed by atoms with E-state index in [4.69, 9.17) is 10.00 Å². The Labute approximate surface area is 119 Å². The molecule has 0 unspecified atom stereocenters. The molecule has 1 aromatic heterocycles. The number of hydrogen-bond donors (Lipinski definition) is 0. The first-order chi connectivity index (χ1) is 9.61. The monoisotopic (exact) mass is 273 g/mol. The maximum absolute atomic E-state index is 12.0. The predicted molar refractivity (Wildman–Crippen MR) is 74.4 cm³/mol. The Balaban J connectivity index is 2.03. The molecule has 1 amide bonds. The van der Waals surface area contributed by atoms with E-state index < -0.39 is 0 Å². The summed E-state index contributed by atoms with van der Waals surface area (Å²) in [5.41, 5.74) is 2.00. The standard InChI is InChI=1S/C15H19N3O2/c1-11-8-12(2)17-15(13(11)9-16)20-10-14(19)18-6-4-3-5-7-18/h8H,3-7,10H2,1-2H3. The Bertz CT molecular complexity index is 543. The van der Waals surface area contributed by atoms with Gasteiger partial charge >= 0.3 is 0 Å². The molecule has 106 valence electrons. The van der Waals surface area contributed by atoms with Crippen molar-refractivity contribution in [3.05, 3.63) is 22.9 Å². The Morgan fingerprint density at radius 1 is 1.40 bits per heavy atom. The summed E-state index contributed by atoms with van der Waals surface area (Å²) in [6.07, 6.45) is 3.29. The molecule has 0 spiro atoms. The van der Waals surface area contributed by atoms with Gasteiger partial charge in [0.25, 0.3) is 5.91 Å². The minimum atomic E-state index is -0.0510. The van der Waals surface area contributed by atoms with Gasteiger partial charge in [0.2, 0.25) is 5.88 Å². The van der Waals surface area contributed by atoms with E-state index in [2.05, 4.69) is 11.1 Å². The lowest BCUT2D eigenvalue weighted by Crippen LogP contribution is -2.38. The van der Waals surface area contributed by atoms with Crippen molar-refractivity contribution < 1.29 is 9.53 Å². The lowest BCUT2D eigenvalue weighted by molar-refractivity contribution is -0.134. The molecule has 1 saturated heterocycles. The summed E-state index contributed by atoms with van der Waals surface area (Å²) in [7, 11) is 0. The molecular formula is C15H19N3O2. The fourth-order valence-corrected chi connectivity index (χ4v) is 2.41. The smallest absolute Gasteiger partial charge is 0.260 e. The molecular weight excluding hydrogens is 254 g/mol. The second-order valence-electron chi connectivity index (χ2n) is 5.10. The zero-order valence-corrected chi connectivity index (χ0v) is 12.0. The maximum atomic E-state index is 12.0. The van der Waals surface area contributed by atoms with Crippen molar-refractivity contribution >= 4 is 5.91 Å². The summed E-state index contributed by atoms with van der Waals surface area (Å²) in [4.78, 5) is 18.1. The number of hydrogen-bond acceptors (Lipinski definition) is 4. The summed E-state index contributed by atoms with van der Waals surface area (Å²) in [6.45, 7) is 5.23. The Kier molecular flexibility index (Phi) is 4.57. The van der Waals surface area contributed by atoms with Crippen molar-refractivity contribution in [2.45, 2.75) is 33.1 Å². The number of amides is 1. The van der Waals surface area contributed by atoms with Crippen LogP contribution in [-0.2, 0) is 4.79 Å².